The monoisotopic (exact) mass is 1160 g/mol. The molecule has 0 aromatic rings. The van der Waals surface area contributed by atoms with E-state index in [1.807, 2.05) is 33.3 Å². The van der Waals surface area contributed by atoms with Crippen molar-refractivity contribution < 1.29 is 37.3 Å². The maximum Gasteiger partial charge on any atom is 0.306 e. The van der Waals surface area contributed by atoms with Gasteiger partial charge in [0, 0.05) is 12.8 Å². The third-order valence-corrected chi connectivity index (χ3v) is 17.3. The second kappa shape index (κ2) is 61.6. The van der Waals surface area contributed by atoms with Crippen LogP contribution in [-0.2, 0) is 27.9 Å². The van der Waals surface area contributed by atoms with Gasteiger partial charge in [-0.3, -0.25) is 14.2 Å². The summed E-state index contributed by atoms with van der Waals surface area (Å²) in [6, 6.07) is -0.885. The van der Waals surface area contributed by atoms with Crippen LogP contribution in [0, 0.1) is 0 Å². The highest BCUT2D eigenvalue weighted by molar-refractivity contribution is 7.45. The Morgan fingerprint density at radius 1 is 0.420 bits per heavy atom. The van der Waals surface area contributed by atoms with Crippen LogP contribution in [0.4, 0.5) is 0 Å². The Kier molecular flexibility index (Phi) is 60.4. The first-order valence-electron chi connectivity index (χ1n) is 35.6. The molecule has 3 atom stereocenters. The topological polar surface area (TPSA) is 114 Å². The number of nitrogens with one attached hydrogen (secondary N) is 1. The van der Waals surface area contributed by atoms with Crippen molar-refractivity contribution in [2.24, 2.45) is 0 Å². The summed E-state index contributed by atoms with van der Waals surface area (Å²) in [5, 5.41) is 3.05. The maximum absolute atomic E-state index is 13.6. The predicted molar refractivity (Wildman–Crippen MR) is 349 cm³/mol. The van der Waals surface area contributed by atoms with Crippen LogP contribution in [0.5, 0.6) is 0 Å². The maximum atomic E-state index is 13.6. The molecule has 0 rings (SSSR count). The fourth-order valence-electron chi connectivity index (χ4n) is 10.9. The number of nitrogens with zero attached hydrogens (tertiary/aromatic N) is 1. The lowest BCUT2D eigenvalue weighted by molar-refractivity contribution is -0.870. The van der Waals surface area contributed by atoms with Crippen molar-refractivity contribution in [3.63, 3.8) is 0 Å². The second-order valence-electron chi connectivity index (χ2n) is 25.7. The molecule has 0 aromatic carbocycles. The van der Waals surface area contributed by atoms with Crippen LogP contribution < -0.4 is 10.2 Å². The first-order valence-corrected chi connectivity index (χ1v) is 37.1. The number of ether oxygens (including phenoxy) is 1. The van der Waals surface area contributed by atoms with Crippen LogP contribution >= 0.6 is 7.82 Å². The second-order valence-corrected chi connectivity index (χ2v) is 27.2. The average molecular weight is 1160 g/mol. The average Bonchev–Trinajstić information content (AvgIpc) is 3.44. The van der Waals surface area contributed by atoms with Gasteiger partial charge in [-0.15, -0.1) is 0 Å². The van der Waals surface area contributed by atoms with Gasteiger partial charge in [0.15, 0.2) is 0 Å². The van der Waals surface area contributed by atoms with E-state index in [-0.39, 0.29) is 31.5 Å². The number of esters is 1. The van der Waals surface area contributed by atoms with Gasteiger partial charge in [0.2, 0.25) is 5.91 Å². The summed E-state index contributed by atoms with van der Waals surface area (Å²) in [6.45, 7) is 6.91. The standard InChI is InChI=1S/C71H139N2O7P/c1-7-10-13-16-19-22-25-28-30-32-34-35-36-37-39-41-43-46-49-52-55-58-61-64-71(75)80-69(62-59-56-53-50-47-44-27-24-21-18-15-12-9-3)68(67-79-81(76,77)78-66-65-73(4,5)6)72-70(74)63-60-57-54-51-48-45-42-40-38-33-31-29-26-23-20-17-14-11-8-2/h29,31,59,62,68-69H,7-28,30,32-58,60-61,63-67H2,1-6H3,(H-,72,74,76,77)/b31-29+,62-59+. The summed E-state index contributed by atoms with van der Waals surface area (Å²) in [7, 11) is 1.20. The van der Waals surface area contributed by atoms with Crippen molar-refractivity contribution in [1.29, 1.82) is 0 Å². The minimum absolute atomic E-state index is 0.0187. The number of quaternary nitrogens is 1. The fourth-order valence-corrected chi connectivity index (χ4v) is 11.6. The van der Waals surface area contributed by atoms with Gasteiger partial charge in [0.1, 0.15) is 19.3 Å². The van der Waals surface area contributed by atoms with Crippen LogP contribution in [-0.4, -0.2) is 69.4 Å². The summed E-state index contributed by atoms with van der Waals surface area (Å²) >= 11 is 0. The number of phosphoric ester groups is 1. The Bertz CT molecular complexity index is 1430. The molecule has 0 heterocycles. The van der Waals surface area contributed by atoms with Crippen LogP contribution in [0.25, 0.3) is 0 Å². The van der Waals surface area contributed by atoms with Gasteiger partial charge in [-0.2, -0.15) is 0 Å². The molecule has 0 aliphatic heterocycles. The van der Waals surface area contributed by atoms with E-state index < -0.39 is 20.0 Å². The van der Waals surface area contributed by atoms with Gasteiger partial charge < -0.3 is 28.5 Å². The zero-order chi connectivity index (χ0) is 59.3. The third kappa shape index (κ3) is 62.8. The van der Waals surface area contributed by atoms with Crippen molar-refractivity contribution in [3.8, 4) is 0 Å². The number of phosphoric acid groups is 1. The number of allylic oxidation sites excluding steroid dienone is 3. The lowest BCUT2D eigenvalue weighted by atomic mass is 10.0. The smallest absolute Gasteiger partial charge is 0.306 e. The van der Waals surface area contributed by atoms with Crippen molar-refractivity contribution in [2.45, 2.75) is 380 Å². The molecule has 0 aliphatic carbocycles. The largest absolute Gasteiger partial charge is 0.756 e. The Balaban J connectivity index is 5.08. The summed E-state index contributed by atoms with van der Waals surface area (Å²) in [5.41, 5.74) is 0. The van der Waals surface area contributed by atoms with E-state index in [0.717, 1.165) is 57.8 Å². The van der Waals surface area contributed by atoms with E-state index in [4.69, 9.17) is 13.8 Å². The van der Waals surface area contributed by atoms with E-state index in [1.54, 1.807) is 0 Å². The molecule has 81 heavy (non-hydrogen) atoms. The highest BCUT2D eigenvalue weighted by atomic mass is 31.2. The van der Waals surface area contributed by atoms with Crippen molar-refractivity contribution in [3.05, 3.63) is 24.3 Å². The first kappa shape index (κ1) is 79.5. The zero-order valence-electron chi connectivity index (χ0n) is 55.0. The molecule has 9 nitrogen and oxygen atoms in total. The number of hydrogen-bond donors (Lipinski definition) is 1. The number of likely N-dealkylation sites (N-methyl/N-ethyl adjacent to an activating group) is 1. The summed E-state index contributed by atoms with van der Waals surface area (Å²) < 4.78 is 30.5. The van der Waals surface area contributed by atoms with Gasteiger partial charge in [0.05, 0.1) is 33.8 Å². The normalized spacial score (nSPS) is 13.6. The molecule has 1 amide bonds. The van der Waals surface area contributed by atoms with Gasteiger partial charge in [-0.1, -0.05) is 322 Å². The number of carbonyl (C=O) groups excluding carboxylic acids is 2. The van der Waals surface area contributed by atoms with E-state index in [9.17, 15) is 19.0 Å². The quantitative estimate of drug-likeness (QED) is 0.0212. The lowest BCUT2D eigenvalue weighted by Gasteiger charge is -2.30. The Morgan fingerprint density at radius 3 is 1.05 bits per heavy atom. The molecule has 0 saturated heterocycles. The molecule has 0 radical (unpaired) electrons. The van der Waals surface area contributed by atoms with Crippen LogP contribution in [0.1, 0.15) is 367 Å². The first-order chi connectivity index (χ1) is 39.4. The lowest BCUT2D eigenvalue weighted by Crippen LogP contribution is -2.47. The van der Waals surface area contributed by atoms with Gasteiger partial charge in [-0.05, 0) is 57.4 Å². The summed E-state index contributed by atoms with van der Waals surface area (Å²) in [5.74, 6) is -0.520. The SMILES string of the molecule is CCCCCCCC/C=C/CCCCCCCCCCCC(=O)NC(COP(=O)([O-])OCC[N+](C)(C)C)C(/C=C/CCCCCCCCCCCCC)OC(=O)CCCCCCCCCCCCCCCCCCCCCCCCC. The molecule has 0 spiro atoms. The number of rotatable bonds is 66. The van der Waals surface area contributed by atoms with Crippen molar-refractivity contribution in [1.82, 2.24) is 5.32 Å². The molecular weight excluding hydrogens is 1020 g/mol. The molecule has 0 fully saturated rings. The Labute approximate surface area is 504 Å². The third-order valence-electron chi connectivity index (χ3n) is 16.4. The fraction of sp³-hybridized carbons (Fsp3) is 0.915. The molecular formula is C71H139N2O7P. The summed E-state index contributed by atoms with van der Waals surface area (Å²) in [4.78, 5) is 40.2. The number of carbonyl (C=O) groups is 2. The molecule has 0 bridgehead atoms. The van der Waals surface area contributed by atoms with Gasteiger partial charge in [-0.25, -0.2) is 0 Å². The molecule has 0 saturated carbocycles. The molecule has 10 heteroatoms. The van der Waals surface area contributed by atoms with E-state index in [0.29, 0.717) is 17.4 Å². The predicted octanol–water partition coefficient (Wildman–Crippen LogP) is 21.8. The molecule has 0 aromatic heterocycles. The van der Waals surface area contributed by atoms with Crippen LogP contribution in [0.3, 0.4) is 0 Å². The Morgan fingerprint density at radius 2 is 0.716 bits per heavy atom. The molecule has 480 valence electrons. The van der Waals surface area contributed by atoms with E-state index in [1.165, 1.54) is 276 Å². The van der Waals surface area contributed by atoms with Gasteiger partial charge in [0.25, 0.3) is 7.82 Å². The minimum atomic E-state index is -4.70. The molecule has 1 N–H and O–H groups in total. The van der Waals surface area contributed by atoms with Crippen molar-refractivity contribution in [2.75, 3.05) is 40.9 Å². The summed E-state index contributed by atoms with van der Waals surface area (Å²) in [6.07, 6.45) is 74.4. The number of amides is 1. The molecule has 3 unspecified atom stereocenters. The highest BCUT2D eigenvalue weighted by Gasteiger charge is 2.27. The number of hydrogen-bond acceptors (Lipinski definition) is 7. The van der Waals surface area contributed by atoms with Crippen LogP contribution in [0.15, 0.2) is 24.3 Å². The van der Waals surface area contributed by atoms with Crippen molar-refractivity contribution >= 4 is 19.7 Å². The zero-order valence-corrected chi connectivity index (χ0v) is 55.9. The highest BCUT2D eigenvalue weighted by Crippen LogP contribution is 2.38. The molecule has 0 aliphatic rings. The minimum Gasteiger partial charge on any atom is -0.756 e. The van der Waals surface area contributed by atoms with Crippen LogP contribution in [0.2, 0.25) is 0 Å². The van der Waals surface area contributed by atoms with E-state index in [2.05, 4.69) is 38.2 Å². The Hall–Kier alpha value is -1.51. The van der Waals surface area contributed by atoms with Gasteiger partial charge >= 0.3 is 5.97 Å². The number of unbranched alkanes of at least 4 members (excludes halogenated alkanes) is 48. The van der Waals surface area contributed by atoms with E-state index >= 15 is 0 Å².